The van der Waals surface area contributed by atoms with Crippen LogP contribution < -0.4 is 0 Å². The van der Waals surface area contributed by atoms with Gasteiger partial charge >= 0.3 is 0 Å². The number of nitrogens with zero attached hydrogens (tertiary/aromatic N) is 4. The largest absolute Gasteiger partial charge is 0.377 e. The minimum atomic E-state index is -3.23. The molecule has 0 N–H and O–H groups in total. The third-order valence-electron chi connectivity index (χ3n) is 4.27. The molecule has 0 saturated carbocycles. The third kappa shape index (κ3) is 3.32. The van der Waals surface area contributed by atoms with E-state index in [-0.39, 0.29) is 11.9 Å². The third-order valence-corrected chi connectivity index (χ3v) is 6.10. The standard InChI is InChI=1S/C13H22N4O4S/c1-2-22(18,19)17-5-6-20-9-13(8-17)4-3-12(21-13)7-16-11-14-10-15-16/h10-12H,2-9H2,1H3. The van der Waals surface area contributed by atoms with Crippen LogP contribution in [0.4, 0.5) is 0 Å². The molecule has 124 valence electrons. The van der Waals surface area contributed by atoms with Gasteiger partial charge < -0.3 is 9.47 Å². The van der Waals surface area contributed by atoms with Gasteiger partial charge in [-0.05, 0) is 19.8 Å². The van der Waals surface area contributed by atoms with E-state index >= 15 is 0 Å². The highest BCUT2D eigenvalue weighted by Gasteiger charge is 2.45. The molecule has 22 heavy (non-hydrogen) atoms. The maximum absolute atomic E-state index is 12.2. The number of hydrogen-bond acceptors (Lipinski definition) is 6. The fraction of sp³-hybridized carbons (Fsp3) is 0.846. The molecule has 8 nitrogen and oxygen atoms in total. The van der Waals surface area contributed by atoms with E-state index in [1.807, 2.05) is 0 Å². The van der Waals surface area contributed by atoms with Crippen LogP contribution in [0.5, 0.6) is 0 Å². The Hall–Kier alpha value is -1.03. The van der Waals surface area contributed by atoms with Crippen molar-refractivity contribution in [1.82, 2.24) is 19.1 Å². The van der Waals surface area contributed by atoms with Crippen molar-refractivity contribution in [3.63, 3.8) is 0 Å². The zero-order chi connectivity index (χ0) is 15.6. The van der Waals surface area contributed by atoms with Gasteiger partial charge in [0.2, 0.25) is 10.0 Å². The highest BCUT2D eigenvalue weighted by molar-refractivity contribution is 7.89. The van der Waals surface area contributed by atoms with Gasteiger partial charge in [0.05, 0.1) is 31.6 Å². The van der Waals surface area contributed by atoms with Crippen molar-refractivity contribution in [2.45, 2.75) is 38.0 Å². The van der Waals surface area contributed by atoms with Crippen LogP contribution in [-0.4, -0.2) is 71.2 Å². The van der Waals surface area contributed by atoms with E-state index in [2.05, 4.69) is 10.1 Å². The van der Waals surface area contributed by atoms with Gasteiger partial charge in [-0.15, -0.1) is 0 Å². The fourth-order valence-corrected chi connectivity index (χ4v) is 4.22. The Morgan fingerprint density at radius 1 is 1.45 bits per heavy atom. The molecule has 2 aliphatic rings. The maximum Gasteiger partial charge on any atom is 0.214 e. The van der Waals surface area contributed by atoms with Gasteiger partial charge in [-0.25, -0.2) is 13.4 Å². The van der Waals surface area contributed by atoms with E-state index in [0.717, 1.165) is 12.8 Å². The van der Waals surface area contributed by atoms with Crippen LogP contribution in [0.25, 0.3) is 0 Å². The summed E-state index contributed by atoms with van der Waals surface area (Å²) in [4.78, 5) is 3.92. The normalized spacial score (nSPS) is 30.7. The molecular formula is C13H22N4O4S. The first-order chi connectivity index (χ1) is 10.5. The lowest BCUT2D eigenvalue weighted by atomic mass is 10.0. The molecule has 2 fully saturated rings. The second kappa shape index (κ2) is 6.23. The summed E-state index contributed by atoms with van der Waals surface area (Å²) in [5, 5.41) is 4.09. The van der Waals surface area contributed by atoms with E-state index in [4.69, 9.17) is 9.47 Å². The quantitative estimate of drug-likeness (QED) is 0.765. The molecule has 1 spiro atoms. The van der Waals surface area contributed by atoms with Gasteiger partial charge in [-0.1, -0.05) is 0 Å². The summed E-state index contributed by atoms with van der Waals surface area (Å²) < 4.78 is 39.4. The first kappa shape index (κ1) is 15.9. The lowest BCUT2D eigenvalue weighted by Crippen LogP contribution is -2.47. The first-order valence-corrected chi connectivity index (χ1v) is 9.20. The summed E-state index contributed by atoms with van der Waals surface area (Å²) in [5.74, 6) is 0.103. The minimum absolute atomic E-state index is 0.00887. The zero-order valence-corrected chi connectivity index (χ0v) is 13.5. The van der Waals surface area contributed by atoms with Gasteiger partial charge in [0.25, 0.3) is 0 Å². The number of aromatic nitrogens is 3. The highest BCUT2D eigenvalue weighted by atomic mass is 32.2. The van der Waals surface area contributed by atoms with Gasteiger partial charge in [0, 0.05) is 13.1 Å². The van der Waals surface area contributed by atoms with Crippen LogP contribution in [0.1, 0.15) is 19.8 Å². The van der Waals surface area contributed by atoms with Crippen molar-refractivity contribution in [2.24, 2.45) is 0 Å². The van der Waals surface area contributed by atoms with Crippen molar-refractivity contribution in [3.05, 3.63) is 12.7 Å². The summed E-state index contributed by atoms with van der Waals surface area (Å²) in [6, 6.07) is 0. The zero-order valence-electron chi connectivity index (χ0n) is 12.7. The summed E-state index contributed by atoms with van der Waals surface area (Å²) in [6.45, 7) is 3.92. The summed E-state index contributed by atoms with van der Waals surface area (Å²) in [5.41, 5.74) is -0.538. The lowest BCUT2D eigenvalue weighted by molar-refractivity contribution is -0.0860. The molecule has 3 heterocycles. The lowest BCUT2D eigenvalue weighted by Gasteiger charge is -2.31. The molecule has 2 unspecified atom stereocenters. The Kier molecular flexibility index (Phi) is 4.49. The monoisotopic (exact) mass is 330 g/mol. The Bertz CT molecular complexity index is 591. The second-order valence-electron chi connectivity index (χ2n) is 5.87. The SMILES string of the molecule is CCS(=O)(=O)N1CCOCC2(CCC(Cn3cncn3)O2)C1. The average molecular weight is 330 g/mol. The molecule has 1 aromatic heterocycles. The van der Waals surface area contributed by atoms with E-state index in [1.54, 1.807) is 17.9 Å². The predicted octanol–water partition coefficient (Wildman–Crippen LogP) is -0.122. The van der Waals surface area contributed by atoms with Gasteiger partial charge in [0.15, 0.2) is 0 Å². The smallest absolute Gasteiger partial charge is 0.214 e. The van der Waals surface area contributed by atoms with Crippen molar-refractivity contribution in [1.29, 1.82) is 0 Å². The Morgan fingerprint density at radius 2 is 2.32 bits per heavy atom. The molecule has 2 aliphatic heterocycles. The van der Waals surface area contributed by atoms with Crippen LogP contribution in [0.2, 0.25) is 0 Å². The van der Waals surface area contributed by atoms with Crippen LogP contribution in [0.15, 0.2) is 12.7 Å². The molecule has 0 aromatic carbocycles. The van der Waals surface area contributed by atoms with Crippen LogP contribution in [-0.2, 0) is 26.0 Å². The van der Waals surface area contributed by atoms with Crippen molar-refractivity contribution in [3.8, 4) is 0 Å². The van der Waals surface area contributed by atoms with E-state index < -0.39 is 15.6 Å². The average Bonchev–Trinajstić information content (AvgIpc) is 3.07. The van der Waals surface area contributed by atoms with Gasteiger partial charge in [0.1, 0.15) is 18.3 Å². The van der Waals surface area contributed by atoms with E-state index in [0.29, 0.717) is 32.8 Å². The molecule has 1 aromatic rings. The molecule has 0 aliphatic carbocycles. The Balaban J connectivity index is 1.69. The molecule has 0 bridgehead atoms. The summed E-state index contributed by atoms with van der Waals surface area (Å²) in [7, 11) is -3.23. The topological polar surface area (TPSA) is 86.6 Å². The highest BCUT2D eigenvalue weighted by Crippen LogP contribution is 2.34. The number of hydrogen-bond donors (Lipinski definition) is 0. The van der Waals surface area contributed by atoms with Crippen molar-refractivity contribution < 1.29 is 17.9 Å². The van der Waals surface area contributed by atoms with E-state index in [1.165, 1.54) is 10.6 Å². The van der Waals surface area contributed by atoms with Gasteiger partial charge in [-0.3, -0.25) is 4.68 Å². The molecule has 2 saturated heterocycles. The summed E-state index contributed by atoms with van der Waals surface area (Å²) in [6.07, 6.45) is 4.82. The molecule has 2 atom stereocenters. The Morgan fingerprint density at radius 3 is 3.05 bits per heavy atom. The maximum atomic E-state index is 12.2. The minimum Gasteiger partial charge on any atom is -0.377 e. The molecule has 3 rings (SSSR count). The Labute approximate surface area is 130 Å². The number of sulfonamides is 1. The van der Waals surface area contributed by atoms with Gasteiger partial charge in [-0.2, -0.15) is 9.40 Å². The number of rotatable bonds is 4. The van der Waals surface area contributed by atoms with Crippen LogP contribution >= 0.6 is 0 Å². The van der Waals surface area contributed by atoms with Crippen molar-refractivity contribution >= 4 is 10.0 Å². The van der Waals surface area contributed by atoms with Crippen molar-refractivity contribution in [2.75, 3.05) is 32.1 Å². The number of ether oxygens (including phenoxy) is 2. The first-order valence-electron chi connectivity index (χ1n) is 7.59. The second-order valence-corrected chi connectivity index (χ2v) is 8.12. The molecule has 9 heteroatoms. The van der Waals surface area contributed by atoms with Crippen LogP contribution in [0, 0.1) is 0 Å². The molecular weight excluding hydrogens is 308 g/mol. The van der Waals surface area contributed by atoms with E-state index in [9.17, 15) is 8.42 Å². The summed E-state index contributed by atoms with van der Waals surface area (Å²) >= 11 is 0. The fourth-order valence-electron chi connectivity index (χ4n) is 3.07. The predicted molar refractivity (Wildman–Crippen MR) is 78.7 cm³/mol. The molecule has 0 amide bonds. The molecule has 0 radical (unpaired) electrons. The van der Waals surface area contributed by atoms with Crippen LogP contribution in [0.3, 0.4) is 0 Å².